The molecule has 0 aromatic carbocycles. The summed E-state index contributed by atoms with van der Waals surface area (Å²) in [7, 11) is 0. The molecule has 2 heteroatoms. The van der Waals surface area contributed by atoms with E-state index in [0.29, 0.717) is 41.1 Å². The lowest BCUT2D eigenvalue weighted by Crippen LogP contribution is -2.65. The fraction of sp³-hybridized carbons (Fsp3) is 0.933. The van der Waals surface area contributed by atoms with E-state index in [1.54, 1.807) is 5.57 Å². The lowest BCUT2D eigenvalue weighted by molar-refractivity contribution is -0.205. The maximum atomic E-state index is 10.9. The van der Waals surface area contributed by atoms with E-state index in [1.165, 1.54) is 51.4 Å². The Morgan fingerprint density at radius 1 is 0.875 bits per heavy atom. The minimum absolute atomic E-state index is 0.0190. The van der Waals surface area contributed by atoms with Crippen LogP contribution in [0.2, 0.25) is 0 Å². The molecule has 0 bridgehead atoms. The second-order valence-corrected chi connectivity index (χ2v) is 14.5. The van der Waals surface area contributed by atoms with Crippen molar-refractivity contribution in [3.63, 3.8) is 0 Å². The summed E-state index contributed by atoms with van der Waals surface area (Å²) in [4.78, 5) is 0. The lowest BCUT2D eigenvalue weighted by atomic mass is 9.33. The Morgan fingerprint density at radius 3 is 2.28 bits per heavy atom. The largest absolute Gasteiger partial charge is 0.396 e. The molecule has 4 saturated carbocycles. The van der Waals surface area contributed by atoms with Gasteiger partial charge in [0, 0.05) is 12.0 Å². The molecule has 2 nitrogen and oxygen atoms in total. The van der Waals surface area contributed by atoms with E-state index < -0.39 is 0 Å². The molecule has 0 aromatic rings. The third-order valence-corrected chi connectivity index (χ3v) is 13.5. The van der Waals surface area contributed by atoms with Gasteiger partial charge in [0.25, 0.3) is 0 Å². The number of hydrogen-bond acceptors (Lipinski definition) is 2. The van der Waals surface area contributed by atoms with Gasteiger partial charge in [0.1, 0.15) is 0 Å². The molecule has 2 N–H and O–H groups in total. The van der Waals surface area contributed by atoms with E-state index >= 15 is 0 Å². The fourth-order valence-corrected chi connectivity index (χ4v) is 10.9. The number of fused-ring (bicyclic) bond motifs is 7. The maximum Gasteiger partial charge on any atom is 0.0594 e. The molecule has 0 aromatic heterocycles. The first kappa shape index (κ1) is 23.4. The van der Waals surface area contributed by atoms with Crippen LogP contribution in [-0.4, -0.2) is 22.9 Å². The van der Waals surface area contributed by atoms with Crippen molar-refractivity contribution >= 4 is 0 Å². The summed E-state index contributed by atoms with van der Waals surface area (Å²) in [5.74, 6) is 3.29. The molecular weight excluding hydrogens is 392 g/mol. The van der Waals surface area contributed by atoms with Gasteiger partial charge in [-0.05, 0) is 109 Å². The maximum absolute atomic E-state index is 10.9. The number of hydrogen-bond donors (Lipinski definition) is 2. The van der Waals surface area contributed by atoms with Crippen molar-refractivity contribution in [3.8, 4) is 0 Å². The van der Waals surface area contributed by atoms with Gasteiger partial charge in [-0.2, -0.15) is 0 Å². The molecule has 0 saturated heterocycles. The van der Waals surface area contributed by atoms with Gasteiger partial charge in [-0.1, -0.05) is 60.1 Å². The van der Waals surface area contributed by atoms with E-state index in [1.807, 2.05) is 0 Å². The molecule has 5 aliphatic carbocycles. The van der Waals surface area contributed by atoms with Crippen LogP contribution in [0.1, 0.15) is 106 Å². The predicted molar refractivity (Wildman–Crippen MR) is 132 cm³/mol. The molecule has 0 heterocycles. The highest BCUT2D eigenvalue weighted by molar-refractivity contribution is 5.34. The number of rotatable bonds is 1. The molecule has 0 spiro atoms. The first-order chi connectivity index (χ1) is 14.9. The summed E-state index contributed by atoms with van der Waals surface area (Å²) < 4.78 is 0. The summed E-state index contributed by atoms with van der Waals surface area (Å²) in [6.07, 6.45) is 13.4. The van der Waals surface area contributed by atoms with Gasteiger partial charge in [-0.15, -0.1) is 0 Å². The number of aliphatic hydroxyl groups is 2. The Kier molecular flexibility index (Phi) is 5.19. The molecule has 5 rings (SSSR count). The average Bonchev–Trinajstić information content (AvgIpc) is 2.74. The topological polar surface area (TPSA) is 40.5 Å². The van der Waals surface area contributed by atoms with Gasteiger partial charge < -0.3 is 10.2 Å². The van der Waals surface area contributed by atoms with Gasteiger partial charge >= 0.3 is 0 Å². The standard InChI is InChI=1S/C30H50O2/c1-19-10-15-30(18-31)17-16-28(6)21(25(30)20(19)2)8-9-23-27(5)13-12-24(32)26(3,4)22(27)11-14-29(23,28)7/h8,19-20,22-25,31-32H,9-18H2,1-7H3/t19-,20+,22+,23-,24+,25?,27+,28-,29-,30?/m1/s1. The third-order valence-electron chi connectivity index (χ3n) is 13.5. The predicted octanol–water partition coefficient (Wildman–Crippen LogP) is 7.00. The molecular formula is C30H50O2. The Hall–Kier alpha value is -0.340. The monoisotopic (exact) mass is 442 g/mol. The summed E-state index contributed by atoms with van der Waals surface area (Å²) in [5, 5.41) is 21.6. The van der Waals surface area contributed by atoms with Crippen LogP contribution in [0.4, 0.5) is 0 Å². The van der Waals surface area contributed by atoms with Crippen LogP contribution in [0.15, 0.2) is 11.6 Å². The Balaban J connectivity index is 1.59. The zero-order chi connectivity index (χ0) is 23.3. The summed E-state index contributed by atoms with van der Waals surface area (Å²) in [5.41, 5.74) is 2.77. The summed E-state index contributed by atoms with van der Waals surface area (Å²) in [6, 6.07) is 0. The van der Waals surface area contributed by atoms with E-state index in [9.17, 15) is 10.2 Å². The van der Waals surface area contributed by atoms with Crippen LogP contribution in [0, 0.1) is 56.7 Å². The van der Waals surface area contributed by atoms with E-state index in [0.717, 1.165) is 12.3 Å². The first-order valence-corrected chi connectivity index (χ1v) is 13.9. The SMILES string of the molecule is C[C@@H]1CCC2(CO)CC[C@]3(C)C(=CC[C@@H]4[C@@]5(C)CC[C@H](O)C(C)(C)[C@@H]5CC[C@]43C)C2[C@H]1C. The molecule has 2 unspecified atom stereocenters. The van der Waals surface area contributed by atoms with Crippen LogP contribution in [0.5, 0.6) is 0 Å². The molecule has 0 aliphatic heterocycles. The van der Waals surface area contributed by atoms with Crippen molar-refractivity contribution in [3.05, 3.63) is 11.6 Å². The van der Waals surface area contributed by atoms with E-state index in [4.69, 9.17) is 0 Å². The molecule has 0 radical (unpaired) electrons. The quantitative estimate of drug-likeness (QED) is 0.429. The van der Waals surface area contributed by atoms with Crippen molar-refractivity contribution in [2.24, 2.45) is 56.7 Å². The van der Waals surface area contributed by atoms with Gasteiger partial charge in [-0.3, -0.25) is 0 Å². The van der Waals surface area contributed by atoms with Crippen molar-refractivity contribution < 1.29 is 10.2 Å². The van der Waals surface area contributed by atoms with Crippen molar-refractivity contribution in [1.82, 2.24) is 0 Å². The summed E-state index contributed by atoms with van der Waals surface area (Å²) in [6.45, 7) is 17.9. The van der Waals surface area contributed by atoms with Crippen LogP contribution >= 0.6 is 0 Å². The average molecular weight is 443 g/mol. The second kappa shape index (κ2) is 7.09. The van der Waals surface area contributed by atoms with Crippen LogP contribution in [0.25, 0.3) is 0 Å². The van der Waals surface area contributed by atoms with Crippen molar-refractivity contribution in [1.29, 1.82) is 0 Å². The Labute approximate surface area is 197 Å². The Morgan fingerprint density at radius 2 is 1.59 bits per heavy atom. The number of aliphatic hydroxyl groups excluding tert-OH is 2. The second-order valence-electron chi connectivity index (χ2n) is 14.5. The zero-order valence-electron chi connectivity index (χ0n) is 22.0. The Bertz CT molecular complexity index is 799. The van der Waals surface area contributed by atoms with Gasteiger partial charge in [0.15, 0.2) is 0 Å². The normalized spacial score (nSPS) is 56.8. The highest BCUT2D eigenvalue weighted by Gasteiger charge is 2.68. The minimum atomic E-state index is -0.153. The van der Waals surface area contributed by atoms with Crippen LogP contribution in [0.3, 0.4) is 0 Å². The smallest absolute Gasteiger partial charge is 0.0594 e. The summed E-state index contributed by atoms with van der Waals surface area (Å²) >= 11 is 0. The zero-order valence-corrected chi connectivity index (χ0v) is 22.0. The van der Waals surface area contributed by atoms with Gasteiger partial charge in [0.2, 0.25) is 0 Å². The van der Waals surface area contributed by atoms with Crippen molar-refractivity contribution in [2.45, 2.75) is 112 Å². The number of allylic oxidation sites excluding steroid dienone is 2. The van der Waals surface area contributed by atoms with Crippen LogP contribution in [-0.2, 0) is 0 Å². The van der Waals surface area contributed by atoms with Gasteiger partial charge in [-0.25, -0.2) is 0 Å². The highest BCUT2D eigenvalue weighted by Crippen LogP contribution is 2.75. The van der Waals surface area contributed by atoms with Crippen molar-refractivity contribution in [2.75, 3.05) is 6.61 Å². The van der Waals surface area contributed by atoms with E-state index in [-0.39, 0.29) is 22.3 Å². The molecule has 182 valence electrons. The highest BCUT2D eigenvalue weighted by atomic mass is 16.3. The minimum Gasteiger partial charge on any atom is -0.396 e. The first-order valence-electron chi connectivity index (χ1n) is 13.9. The van der Waals surface area contributed by atoms with E-state index in [2.05, 4.69) is 54.5 Å². The lowest BCUT2D eigenvalue weighted by Gasteiger charge is -2.71. The fourth-order valence-electron chi connectivity index (χ4n) is 10.9. The van der Waals surface area contributed by atoms with Crippen LogP contribution < -0.4 is 0 Å². The molecule has 5 aliphatic rings. The van der Waals surface area contributed by atoms with Gasteiger partial charge in [0.05, 0.1) is 6.10 Å². The third kappa shape index (κ3) is 2.66. The molecule has 4 fully saturated rings. The molecule has 32 heavy (non-hydrogen) atoms. The molecule has 10 atom stereocenters. The molecule has 0 amide bonds.